The number of halogens is 1. The van der Waals surface area contributed by atoms with Crippen molar-refractivity contribution in [1.29, 1.82) is 0 Å². The van der Waals surface area contributed by atoms with Gasteiger partial charge >= 0.3 is 0 Å². The third-order valence-corrected chi connectivity index (χ3v) is 4.99. The molecule has 7 heteroatoms. The Kier molecular flexibility index (Phi) is 4.79. The molecule has 0 aliphatic carbocycles. The molecule has 0 fully saturated rings. The number of nitrogens with zero attached hydrogens (tertiary/aromatic N) is 3. The van der Waals surface area contributed by atoms with Crippen LogP contribution in [0, 0.1) is 0 Å². The van der Waals surface area contributed by atoms with E-state index in [4.69, 9.17) is 16.3 Å². The lowest BCUT2D eigenvalue weighted by atomic mass is 10.1. The van der Waals surface area contributed by atoms with E-state index < -0.39 is 0 Å². The van der Waals surface area contributed by atoms with E-state index >= 15 is 0 Å². The molecule has 0 aliphatic heterocycles. The zero-order chi connectivity index (χ0) is 19.7. The molecular weight excluding hydrogens is 376 g/mol. The van der Waals surface area contributed by atoms with Gasteiger partial charge in [-0.25, -0.2) is 4.98 Å². The van der Waals surface area contributed by atoms with E-state index in [1.165, 1.54) is 7.11 Å². The number of imidazole rings is 1. The van der Waals surface area contributed by atoms with E-state index in [2.05, 4.69) is 10.3 Å². The van der Waals surface area contributed by atoms with E-state index in [0.717, 1.165) is 22.5 Å². The molecule has 6 nitrogen and oxygen atoms in total. The molecule has 0 saturated carbocycles. The largest absolute Gasteiger partial charge is 0.496 e. The number of methoxy groups -OCH3 is 1. The molecule has 2 heterocycles. The number of carbonyl (C=O) groups is 1. The van der Waals surface area contributed by atoms with Crippen LogP contribution in [0.4, 0.5) is 0 Å². The molecule has 28 heavy (non-hydrogen) atoms. The zero-order valence-corrected chi connectivity index (χ0v) is 16.3. The minimum atomic E-state index is -0.273. The van der Waals surface area contributed by atoms with Crippen LogP contribution in [0.2, 0.25) is 5.02 Å². The van der Waals surface area contributed by atoms with E-state index in [1.54, 1.807) is 12.1 Å². The van der Waals surface area contributed by atoms with Gasteiger partial charge in [0.05, 0.1) is 41.0 Å². The molecule has 0 atom stereocenters. The molecule has 4 aromatic rings. The third kappa shape index (κ3) is 3.23. The van der Waals surface area contributed by atoms with Gasteiger partial charge in [-0.2, -0.15) is 0 Å². The highest BCUT2D eigenvalue weighted by atomic mass is 35.5. The second kappa shape index (κ2) is 7.40. The van der Waals surface area contributed by atoms with Crippen LogP contribution in [0.1, 0.15) is 16.2 Å². The maximum atomic E-state index is 12.8. The fourth-order valence-electron chi connectivity index (χ4n) is 3.19. The van der Waals surface area contributed by atoms with Crippen LogP contribution in [0.15, 0.2) is 60.9 Å². The molecule has 2 aromatic heterocycles. The Labute approximate surface area is 167 Å². The van der Waals surface area contributed by atoms with Gasteiger partial charge in [-0.3, -0.25) is 4.79 Å². The fraction of sp³-hybridized carbons (Fsp3) is 0.143. The van der Waals surface area contributed by atoms with Crippen molar-refractivity contribution in [3.05, 3.63) is 77.3 Å². The van der Waals surface area contributed by atoms with Gasteiger partial charge in [0.1, 0.15) is 11.6 Å². The van der Waals surface area contributed by atoms with Crippen LogP contribution < -0.4 is 10.1 Å². The van der Waals surface area contributed by atoms with Crippen LogP contribution in [0.5, 0.6) is 5.75 Å². The number of hydrogen-bond donors (Lipinski definition) is 1. The summed E-state index contributed by atoms with van der Waals surface area (Å²) in [6.45, 7) is 0.296. The molecule has 0 bridgehead atoms. The van der Waals surface area contributed by atoms with Crippen LogP contribution >= 0.6 is 11.6 Å². The quantitative estimate of drug-likeness (QED) is 0.557. The lowest BCUT2D eigenvalue weighted by molar-refractivity contribution is 0.0946. The third-order valence-electron chi connectivity index (χ3n) is 4.68. The van der Waals surface area contributed by atoms with Crippen molar-refractivity contribution in [2.45, 2.75) is 6.54 Å². The Bertz CT molecular complexity index is 1150. The van der Waals surface area contributed by atoms with Crippen LogP contribution in [-0.2, 0) is 13.6 Å². The van der Waals surface area contributed by atoms with E-state index in [1.807, 2.05) is 65.0 Å². The number of ether oxygens (including phenoxy) is 1. The summed E-state index contributed by atoms with van der Waals surface area (Å²) in [7, 11) is 3.46. The van der Waals surface area contributed by atoms with Gasteiger partial charge in [-0.1, -0.05) is 23.7 Å². The summed E-state index contributed by atoms with van der Waals surface area (Å²) in [5.41, 5.74) is 3.03. The first-order valence-electron chi connectivity index (χ1n) is 8.78. The van der Waals surface area contributed by atoms with E-state index in [9.17, 15) is 4.79 Å². The van der Waals surface area contributed by atoms with Gasteiger partial charge in [-0.05, 0) is 30.3 Å². The SMILES string of the molecule is COc1cc(-n2cccc2)c(Cl)cc1C(=O)NCc1nc2ccccc2n1C. The maximum absolute atomic E-state index is 12.8. The van der Waals surface area contributed by atoms with Crippen molar-refractivity contribution in [3.63, 3.8) is 0 Å². The number of para-hydroxylation sites is 2. The summed E-state index contributed by atoms with van der Waals surface area (Å²) in [5, 5.41) is 3.37. The van der Waals surface area contributed by atoms with Gasteiger partial charge in [-0.15, -0.1) is 0 Å². The normalized spacial score (nSPS) is 11.0. The van der Waals surface area contributed by atoms with Gasteiger partial charge in [0.15, 0.2) is 0 Å². The summed E-state index contributed by atoms with van der Waals surface area (Å²) in [6, 6.07) is 15.0. The van der Waals surface area contributed by atoms with Gasteiger partial charge in [0, 0.05) is 25.5 Å². The Morgan fingerprint density at radius 3 is 2.64 bits per heavy atom. The summed E-state index contributed by atoms with van der Waals surface area (Å²) in [4.78, 5) is 17.4. The van der Waals surface area contributed by atoms with Crippen LogP contribution in [0.3, 0.4) is 0 Å². The van der Waals surface area contributed by atoms with Crippen LogP contribution in [0.25, 0.3) is 16.7 Å². The Morgan fingerprint density at radius 2 is 1.93 bits per heavy atom. The smallest absolute Gasteiger partial charge is 0.255 e. The van der Waals surface area contributed by atoms with Crippen molar-refractivity contribution >= 4 is 28.5 Å². The Morgan fingerprint density at radius 1 is 1.18 bits per heavy atom. The number of fused-ring (bicyclic) bond motifs is 1. The molecule has 0 spiro atoms. The molecule has 1 N–H and O–H groups in total. The number of nitrogens with one attached hydrogen (secondary N) is 1. The summed E-state index contributed by atoms with van der Waals surface area (Å²) >= 11 is 6.42. The number of aromatic nitrogens is 3. The number of carbonyl (C=O) groups excluding carboxylic acids is 1. The molecule has 142 valence electrons. The zero-order valence-electron chi connectivity index (χ0n) is 15.5. The molecule has 1 amide bonds. The lowest BCUT2D eigenvalue weighted by Crippen LogP contribution is -2.25. The van der Waals surface area contributed by atoms with Gasteiger partial charge < -0.3 is 19.2 Å². The lowest BCUT2D eigenvalue weighted by Gasteiger charge is -2.13. The topological polar surface area (TPSA) is 61.1 Å². The molecule has 0 radical (unpaired) electrons. The monoisotopic (exact) mass is 394 g/mol. The number of rotatable bonds is 5. The van der Waals surface area contributed by atoms with Crippen molar-refractivity contribution in [2.75, 3.05) is 7.11 Å². The number of amides is 1. The molecule has 0 aliphatic rings. The summed E-state index contributed by atoms with van der Waals surface area (Å²) < 4.78 is 9.26. The highest BCUT2D eigenvalue weighted by Crippen LogP contribution is 2.30. The van der Waals surface area contributed by atoms with Crippen LogP contribution in [-0.4, -0.2) is 27.1 Å². The first-order chi connectivity index (χ1) is 13.6. The molecule has 0 unspecified atom stereocenters. The summed E-state index contributed by atoms with van der Waals surface area (Å²) in [6.07, 6.45) is 3.76. The minimum Gasteiger partial charge on any atom is -0.496 e. The van der Waals surface area contributed by atoms with Crippen molar-refractivity contribution in [1.82, 2.24) is 19.4 Å². The highest BCUT2D eigenvalue weighted by molar-refractivity contribution is 6.33. The van der Waals surface area contributed by atoms with Crippen molar-refractivity contribution < 1.29 is 9.53 Å². The van der Waals surface area contributed by atoms with E-state index in [0.29, 0.717) is 22.9 Å². The average molecular weight is 395 g/mol. The first-order valence-corrected chi connectivity index (χ1v) is 9.15. The van der Waals surface area contributed by atoms with Crippen molar-refractivity contribution in [2.24, 2.45) is 7.05 Å². The fourth-order valence-corrected chi connectivity index (χ4v) is 3.45. The first kappa shape index (κ1) is 18.1. The predicted molar refractivity (Wildman–Crippen MR) is 109 cm³/mol. The summed E-state index contributed by atoms with van der Waals surface area (Å²) in [5.74, 6) is 0.948. The minimum absolute atomic E-state index is 0.273. The molecule has 4 rings (SSSR count). The number of aryl methyl sites for hydroxylation is 1. The van der Waals surface area contributed by atoms with Crippen molar-refractivity contribution in [3.8, 4) is 11.4 Å². The average Bonchev–Trinajstić information content (AvgIpc) is 3.35. The second-order valence-electron chi connectivity index (χ2n) is 6.35. The number of benzene rings is 2. The Hall–Kier alpha value is -3.25. The molecule has 2 aromatic carbocycles. The maximum Gasteiger partial charge on any atom is 0.255 e. The predicted octanol–water partition coefficient (Wildman–Crippen LogP) is 3.96. The number of hydrogen-bond acceptors (Lipinski definition) is 3. The standard InChI is InChI=1S/C21H19ClN4O2/c1-25-17-8-4-3-7-16(17)24-20(25)13-23-21(27)14-11-15(22)18(12-19(14)28-2)26-9-5-6-10-26/h3-12H,13H2,1-2H3,(H,23,27). The van der Waals surface area contributed by atoms with E-state index in [-0.39, 0.29) is 5.91 Å². The molecular formula is C21H19ClN4O2. The second-order valence-corrected chi connectivity index (χ2v) is 6.76. The molecule has 0 saturated heterocycles. The van der Waals surface area contributed by atoms with Gasteiger partial charge in [0.25, 0.3) is 5.91 Å². The van der Waals surface area contributed by atoms with Gasteiger partial charge in [0.2, 0.25) is 0 Å². The highest BCUT2D eigenvalue weighted by Gasteiger charge is 2.17. The Balaban J connectivity index is 1.59.